The van der Waals surface area contributed by atoms with Gasteiger partial charge in [0.15, 0.2) is 0 Å². The molecular weight excluding hydrogens is 266 g/mol. The van der Waals surface area contributed by atoms with Crippen LogP contribution < -0.4 is 5.32 Å². The number of hydrogen-bond acceptors (Lipinski definition) is 3. The van der Waals surface area contributed by atoms with Gasteiger partial charge in [-0.1, -0.05) is 26.0 Å². The largest absolute Gasteiger partial charge is 0.331 e. The van der Waals surface area contributed by atoms with Gasteiger partial charge < -0.3 is 9.88 Å². The molecule has 0 saturated heterocycles. The quantitative estimate of drug-likeness (QED) is 0.757. The zero-order valence-corrected chi connectivity index (χ0v) is 13.5. The molecule has 1 N–H and O–H groups in total. The van der Waals surface area contributed by atoms with E-state index in [2.05, 4.69) is 55.0 Å². The summed E-state index contributed by atoms with van der Waals surface area (Å²) in [5.41, 5.74) is 2.32. The van der Waals surface area contributed by atoms with Crippen LogP contribution in [0.25, 0.3) is 11.0 Å². The molecule has 0 bridgehead atoms. The van der Waals surface area contributed by atoms with Crippen molar-refractivity contribution in [2.75, 3.05) is 18.1 Å². The topological polar surface area (TPSA) is 29.9 Å². The molecule has 0 aliphatic heterocycles. The molecule has 0 aliphatic rings. The molecule has 0 amide bonds. The van der Waals surface area contributed by atoms with E-state index in [1.165, 1.54) is 23.5 Å². The summed E-state index contributed by atoms with van der Waals surface area (Å²) < 4.78 is 2.23. The predicted molar refractivity (Wildman–Crippen MR) is 89.5 cm³/mol. The number of fused-ring (bicyclic) bond motifs is 1. The summed E-state index contributed by atoms with van der Waals surface area (Å²) in [6.45, 7) is 5.43. The number of nitrogens with one attached hydrogen (secondary N) is 1. The maximum Gasteiger partial charge on any atom is 0.111 e. The van der Waals surface area contributed by atoms with Crippen LogP contribution in [0.3, 0.4) is 0 Å². The first-order valence-electron chi connectivity index (χ1n) is 7.47. The van der Waals surface area contributed by atoms with Crippen molar-refractivity contribution in [2.24, 2.45) is 7.05 Å². The Bertz CT molecular complexity index is 536. The van der Waals surface area contributed by atoms with Gasteiger partial charge in [0.2, 0.25) is 0 Å². The molecule has 1 atom stereocenters. The monoisotopic (exact) mass is 291 g/mol. The van der Waals surface area contributed by atoms with E-state index >= 15 is 0 Å². The average Bonchev–Trinajstić information content (AvgIpc) is 2.76. The smallest absolute Gasteiger partial charge is 0.111 e. The highest BCUT2D eigenvalue weighted by Crippen LogP contribution is 2.16. The number of nitrogens with zero attached hydrogens (tertiary/aromatic N) is 2. The van der Waals surface area contributed by atoms with Crippen molar-refractivity contribution in [1.82, 2.24) is 14.9 Å². The van der Waals surface area contributed by atoms with Gasteiger partial charge in [-0.15, -0.1) is 0 Å². The molecule has 2 aromatic rings. The summed E-state index contributed by atoms with van der Waals surface area (Å²) in [6.07, 6.45) is 2.24. The maximum absolute atomic E-state index is 4.78. The first-order valence-corrected chi connectivity index (χ1v) is 8.63. The lowest BCUT2D eigenvalue weighted by Crippen LogP contribution is -2.34. The maximum atomic E-state index is 4.78. The molecule has 0 radical (unpaired) electrons. The van der Waals surface area contributed by atoms with Gasteiger partial charge in [-0.3, -0.25) is 0 Å². The molecule has 4 heteroatoms. The summed E-state index contributed by atoms with van der Waals surface area (Å²) in [4.78, 5) is 4.78. The van der Waals surface area contributed by atoms with Gasteiger partial charge in [0, 0.05) is 25.3 Å². The second kappa shape index (κ2) is 7.70. The van der Waals surface area contributed by atoms with Gasteiger partial charge in [-0.2, -0.15) is 11.8 Å². The van der Waals surface area contributed by atoms with Crippen LogP contribution in [-0.2, 0) is 13.5 Å². The Labute approximate surface area is 126 Å². The minimum absolute atomic E-state index is 0.507. The lowest BCUT2D eigenvalue weighted by Gasteiger charge is -2.17. The molecule has 1 aromatic heterocycles. The molecule has 1 heterocycles. The highest BCUT2D eigenvalue weighted by molar-refractivity contribution is 7.99. The van der Waals surface area contributed by atoms with Crippen molar-refractivity contribution in [3.05, 3.63) is 30.1 Å². The van der Waals surface area contributed by atoms with Crippen LogP contribution in [0.1, 0.15) is 26.1 Å². The van der Waals surface area contributed by atoms with Crippen LogP contribution >= 0.6 is 11.8 Å². The van der Waals surface area contributed by atoms with Crippen molar-refractivity contribution >= 4 is 22.8 Å². The number of rotatable bonds is 8. The Balaban J connectivity index is 2.09. The Morgan fingerprint density at radius 3 is 2.80 bits per heavy atom. The second-order valence-corrected chi connectivity index (χ2v) is 6.26. The van der Waals surface area contributed by atoms with Crippen LogP contribution in [0.5, 0.6) is 0 Å². The summed E-state index contributed by atoms with van der Waals surface area (Å²) in [7, 11) is 2.12. The van der Waals surface area contributed by atoms with E-state index in [0.29, 0.717) is 6.04 Å². The van der Waals surface area contributed by atoms with Crippen LogP contribution in [-0.4, -0.2) is 33.6 Å². The van der Waals surface area contributed by atoms with Crippen molar-refractivity contribution in [3.63, 3.8) is 0 Å². The number of likely N-dealkylation sites (N-methyl/N-ethyl adjacent to an activating group) is 1. The lowest BCUT2D eigenvalue weighted by atomic mass is 10.2. The Kier molecular flexibility index (Phi) is 5.92. The number of hydrogen-bond donors (Lipinski definition) is 1. The first kappa shape index (κ1) is 15.4. The van der Waals surface area contributed by atoms with E-state index < -0.39 is 0 Å². The van der Waals surface area contributed by atoms with Crippen LogP contribution in [0.4, 0.5) is 0 Å². The summed E-state index contributed by atoms with van der Waals surface area (Å²) in [5, 5.41) is 3.59. The van der Waals surface area contributed by atoms with Crippen molar-refractivity contribution in [1.29, 1.82) is 0 Å². The number of aromatic nitrogens is 2. The predicted octanol–water partition coefficient (Wildman–Crippen LogP) is 3.24. The normalized spacial score (nSPS) is 12.9. The number of benzene rings is 1. The Hall–Kier alpha value is -1.00. The molecule has 3 nitrogen and oxygen atoms in total. The molecule has 2 rings (SSSR count). The third kappa shape index (κ3) is 3.76. The third-order valence-electron chi connectivity index (χ3n) is 3.47. The highest BCUT2D eigenvalue weighted by Gasteiger charge is 2.13. The SMILES string of the molecule is CCCSCC(Cc1nc2ccccc2n1C)NCC. The molecule has 110 valence electrons. The molecule has 0 spiro atoms. The minimum atomic E-state index is 0.507. The zero-order valence-electron chi connectivity index (χ0n) is 12.7. The van der Waals surface area contributed by atoms with Gasteiger partial charge in [0.1, 0.15) is 5.82 Å². The van der Waals surface area contributed by atoms with E-state index in [1.807, 2.05) is 11.8 Å². The Morgan fingerprint density at radius 2 is 2.10 bits per heavy atom. The summed E-state index contributed by atoms with van der Waals surface area (Å²) in [6, 6.07) is 8.87. The van der Waals surface area contributed by atoms with Crippen molar-refractivity contribution < 1.29 is 0 Å². The Morgan fingerprint density at radius 1 is 1.30 bits per heavy atom. The molecule has 0 saturated carbocycles. The molecule has 1 aromatic carbocycles. The summed E-state index contributed by atoms with van der Waals surface area (Å²) in [5.74, 6) is 3.57. The van der Waals surface area contributed by atoms with Crippen LogP contribution in [0.15, 0.2) is 24.3 Å². The molecule has 0 aliphatic carbocycles. The van der Waals surface area contributed by atoms with Crippen LogP contribution in [0.2, 0.25) is 0 Å². The zero-order chi connectivity index (χ0) is 14.4. The van der Waals surface area contributed by atoms with Crippen molar-refractivity contribution in [2.45, 2.75) is 32.7 Å². The molecule has 1 unspecified atom stereocenters. The van der Waals surface area contributed by atoms with E-state index in [1.54, 1.807) is 0 Å². The molecule has 20 heavy (non-hydrogen) atoms. The van der Waals surface area contributed by atoms with E-state index in [-0.39, 0.29) is 0 Å². The number of aryl methyl sites for hydroxylation is 1. The summed E-state index contributed by atoms with van der Waals surface area (Å²) >= 11 is 2.03. The average molecular weight is 291 g/mol. The van der Waals surface area contributed by atoms with Crippen molar-refractivity contribution in [3.8, 4) is 0 Å². The van der Waals surface area contributed by atoms with E-state index in [9.17, 15) is 0 Å². The first-order chi connectivity index (χ1) is 9.76. The number of imidazole rings is 1. The van der Waals surface area contributed by atoms with Gasteiger partial charge in [0.05, 0.1) is 11.0 Å². The fourth-order valence-corrected chi connectivity index (χ4v) is 3.42. The fourth-order valence-electron chi connectivity index (χ4n) is 2.45. The molecular formula is C16H25N3S. The third-order valence-corrected chi connectivity index (χ3v) is 4.80. The molecule has 0 fully saturated rings. The highest BCUT2D eigenvalue weighted by atomic mass is 32.2. The van der Waals surface area contributed by atoms with Gasteiger partial charge in [-0.25, -0.2) is 4.98 Å². The van der Waals surface area contributed by atoms with E-state index in [0.717, 1.165) is 24.2 Å². The fraction of sp³-hybridized carbons (Fsp3) is 0.562. The van der Waals surface area contributed by atoms with Gasteiger partial charge in [0.25, 0.3) is 0 Å². The second-order valence-electron chi connectivity index (χ2n) is 5.11. The lowest BCUT2D eigenvalue weighted by molar-refractivity contribution is 0.552. The number of para-hydroxylation sites is 2. The van der Waals surface area contributed by atoms with E-state index in [4.69, 9.17) is 4.98 Å². The standard InChI is InChI=1S/C16H25N3S/c1-4-10-20-12-13(17-5-2)11-16-18-14-8-6-7-9-15(14)19(16)3/h6-9,13,17H,4-5,10-12H2,1-3H3. The van der Waals surface area contributed by atoms with Crippen LogP contribution in [0, 0.1) is 0 Å². The number of thioether (sulfide) groups is 1. The van der Waals surface area contributed by atoms with Gasteiger partial charge in [-0.05, 0) is 30.9 Å². The van der Waals surface area contributed by atoms with Gasteiger partial charge >= 0.3 is 0 Å². The minimum Gasteiger partial charge on any atom is -0.331 e.